The minimum atomic E-state index is -1.02. The monoisotopic (exact) mass is 462 g/mol. The lowest BCUT2D eigenvalue weighted by Crippen LogP contribution is -2.19. The highest BCUT2D eigenvalue weighted by atomic mass is 32.2. The van der Waals surface area contributed by atoms with E-state index in [4.69, 9.17) is 5.11 Å². The molecule has 0 radical (unpaired) electrons. The van der Waals surface area contributed by atoms with Gasteiger partial charge in [0.1, 0.15) is 5.25 Å². The Hall–Kier alpha value is -3.58. The first kappa shape index (κ1) is 24.1. The smallest absolute Gasteiger partial charge is 0.335 e. The number of benzene rings is 3. The van der Waals surface area contributed by atoms with Crippen molar-refractivity contribution in [2.24, 2.45) is 0 Å². The third-order valence-electron chi connectivity index (χ3n) is 4.89. The van der Waals surface area contributed by atoms with Gasteiger partial charge in [0, 0.05) is 22.7 Å². The molecule has 33 heavy (non-hydrogen) atoms. The summed E-state index contributed by atoms with van der Waals surface area (Å²) in [4.78, 5) is 37.0. The van der Waals surface area contributed by atoms with Gasteiger partial charge in [-0.2, -0.15) is 0 Å². The lowest BCUT2D eigenvalue weighted by atomic mass is 10.1. The summed E-state index contributed by atoms with van der Waals surface area (Å²) in [5.74, 6) is -1.24. The molecule has 6 nitrogen and oxygen atoms in total. The summed E-state index contributed by atoms with van der Waals surface area (Å²) in [5, 5.41) is 14.3. The Kier molecular flexibility index (Phi) is 8.66. The van der Waals surface area contributed by atoms with Gasteiger partial charge in [-0.3, -0.25) is 9.59 Å². The van der Waals surface area contributed by atoms with E-state index < -0.39 is 11.2 Å². The van der Waals surface area contributed by atoms with Crippen LogP contribution < -0.4 is 10.6 Å². The molecule has 0 saturated heterocycles. The van der Waals surface area contributed by atoms with E-state index in [0.29, 0.717) is 12.1 Å². The van der Waals surface area contributed by atoms with Crippen molar-refractivity contribution in [3.05, 3.63) is 90.0 Å². The average Bonchev–Trinajstić information content (AvgIpc) is 2.83. The van der Waals surface area contributed by atoms with Crippen LogP contribution in [0.2, 0.25) is 0 Å². The zero-order chi connectivity index (χ0) is 23.6. The van der Waals surface area contributed by atoms with Gasteiger partial charge >= 0.3 is 5.97 Å². The van der Waals surface area contributed by atoms with Gasteiger partial charge in [-0.1, -0.05) is 43.7 Å². The minimum absolute atomic E-state index is 0.00675. The zero-order valence-corrected chi connectivity index (χ0v) is 19.1. The molecule has 3 aromatic carbocycles. The van der Waals surface area contributed by atoms with E-state index in [-0.39, 0.29) is 17.4 Å². The summed E-state index contributed by atoms with van der Waals surface area (Å²) < 4.78 is 0. The molecule has 0 aliphatic carbocycles. The molecule has 1 unspecified atom stereocenters. The van der Waals surface area contributed by atoms with Crippen LogP contribution in [-0.2, 0) is 9.59 Å². The van der Waals surface area contributed by atoms with Crippen LogP contribution in [0.25, 0.3) is 0 Å². The van der Waals surface area contributed by atoms with E-state index in [9.17, 15) is 14.4 Å². The highest BCUT2D eigenvalue weighted by Crippen LogP contribution is 2.36. The Morgan fingerprint density at radius 1 is 0.848 bits per heavy atom. The van der Waals surface area contributed by atoms with Gasteiger partial charge in [0.15, 0.2) is 0 Å². The molecular formula is C26H26N2O4S. The van der Waals surface area contributed by atoms with Crippen molar-refractivity contribution in [2.75, 3.05) is 10.6 Å². The molecule has 0 saturated carbocycles. The summed E-state index contributed by atoms with van der Waals surface area (Å²) in [6.07, 6.45) is 2.32. The number of thioether (sulfide) groups is 1. The maximum atomic E-state index is 13.1. The quantitative estimate of drug-likeness (QED) is 0.322. The second-order valence-corrected chi connectivity index (χ2v) is 8.63. The van der Waals surface area contributed by atoms with Gasteiger partial charge in [-0.05, 0) is 60.5 Å². The van der Waals surface area contributed by atoms with Crippen molar-refractivity contribution in [3.8, 4) is 0 Å². The number of carboxylic acids is 1. The highest BCUT2D eigenvalue weighted by molar-refractivity contribution is 8.00. The number of rotatable bonds is 10. The highest BCUT2D eigenvalue weighted by Gasteiger charge is 2.22. The number of carboxylic acid groups (broad SMARTS) is 1. The summed E-state index contributed by atoms with van der Waals surface area (Å²) in [6, 6.07) is 22.9. The van der Waals surface area contributed by atoms with Crippen molar-refractivity contribution in [1.82, 2.24) is 0 Å². The van der Waals surface area contributed by atoms with Gasteiger partial charge in [0.25, 0.3) is 0 Å². The zero-order valence-electron chi connectivity index (χ0n) is 18.3. The van der Waals surface area contributed by atoms with Crippen molar-refractivity contribution < 1.29 is 19.5 Å². The van der Waals surface area contributed by atoms with Crippen molar-refractivity contribution in [3.63, 3.8) is 0 Å². The largest absolute Gasteiger partial charge is 0.478 e. The third kappa shape index (κ3) is 7.22. The molecule has 3 N–H and O–H groups in total. The molecule has 0 fully saturated rings. The molecule has 170 valence electrons. The van der Waals surface area contributed by atoms with Crippen LogP contribution >= 0.6 is 11.8 Å². The van der Waals surface area contributed by atoms with E-state index in [1.807, 2.05) is 61.5 Å². The molecular weight excluding hydrogens is 436 g/mol. The van der Waals surface area contributed by atoms with Crippen LogP contribution in [-0.4, -0.2) is 22.9 Å². The number of nitrogens with one attached hydrogen (secondary N) is 2. The summed E-state index contributed by atoms with van der Waals surface area (Å²) in [7, 11) is 0. The summed E-state index contributed by atoms with van der Waals surface area (Å²) >= 11 is 1.40. The molecule has 0 bridgehead atoms. The molecule has 0 aliphatic heterocycles. The predicted octanol–water partition coefficient (Wildman–Crippen LogP) is 5.99. The summed E-state index contributed by atoms with van der Waals surface area (Å²) in [5.41, 5.74) is 2.25. The van der Waals surface area contributed by atoms with E-state index in [1.165, 1.54) is 23.9 Å². The first-order chi connectivity index (χ1) is 16.0. The lowest BCUT2D eigenvalue weighted by Gasteiger charge is -2.17. The Morgan fingerprint density at radius 3 is 2.06 bits per heavy atom. The fourth-order valence-electron chi connectivity index (χ4n) is 3.12. The van der Waals surface area contributed by atoms with E-state index in [2.05, 4.69) is 10.6 Å². The molecule has 2 amide bonds. The Balaban J connectivity index is 1.72. The molecule has 3 aromatic rings. The fourth-order valence-corrected chi connectivity index (χ4v) is 4.14. The van der Waals surface area contributed by atoms with Gasteiger partial charge in [0.2, 0.25) is 11.8 Å². The number of hydrogen-bond donors (Lipinski definition) is 3. The first-order valence-electron chi connectivity index (χ1n) is 10.7. The number of unbranched alkanes of at least 4 members (excludes halogenated alkanes) is 1. The number of hydrogen-bond acceptors (Lipinski definition) is 4. The van der Waals surface area contributed by atoms with E-state index >= 15 is 0 Å². The van der Waals surface area contributed by atoms with Gasteiger partial charge in [0.05, 0.1) is 5.56 Å². The van der Waals surface area contributed by atoms with Crippen LogP contribution in [0.15, 0.2) is 83.8 Å². The molecule has 0 spiro atoms. The molecule has 0 aromatic heterocycles. The van der Waals surface area contributed by atoms with Gasteiger partial charge in [-0.15, -0.1) is 11.8 Å². The minimum Gasteiger partial charge on any atom is -0.478 e. The third-order valence-corrected chi connectivity index (χ3v) is 6.16. The average molecular weight is 463 g/mol. The number of carbonyl (C=O) groups excluding carboxylic acids is 2. The van der Waals surface area contributed by atoms with Crippen LogP contribution in [0.3, 0.4) is 0 Å². The van der Waals surface area contributed by atoms with Gasteiger partial charge in [-0.25, -0.2) is 4.79 Å². The molecule has 1 atom stereocenters. The SMILES string of the molecule is CCCCC(=O)Nc1ccc(SC(C(=O)Nc2ccc(C(=O)O)cc2)c2ccccc2)cc1. The van der Waals surface area contributed by atoms with Crippen LogP contribution in [0, 0.1) is 0 Å². The van der Waals surface area contributed by atoms with Crippen molar-refractivity contribution in [2.45, 2.75) is 36.3 Å². The maximum absolute atomic E-state index is 13.1. The van der Waals surface area contributed by atoms with E-state index in [0.717, 1.165) is 29.0 Å². The molecule has 0 heterocycles. The fraction of sp³-hybridized carbons (Fsp3) is 0.192. The first-order valence-corrected chi connectivity index (χ1v) is 11.6. The molecule has 7 heteroatoms. The maximum Gasteiger partial charge on any atom is 0.335 e. The van der Waals surface area contributed by atoms with E-state index in [1.54, 1.807) is 12.1 Å². The van der Waals surface area contributed by atoms with Crippen molar-refractivity contribution in [1.29, 1.82) is 0 Å². The predicted molar refractivity (Wildman–Crippen MR) is 132 cm³/mol. The Morgan fingerprint density at radius 2 is 1.45 bits per heavy atom. The molecule has 3 rings (SSSR count). The number of carbonyl (C=O) groups is 3. The normalized spacial score (nSPS) is 11.4. The number of amides is 2. The second-order valence-electron chi connectivity index (χ2n) is 7.46. The van der Waals surface area contributed by atoms with Crippen LogP contribution in [0.5, 0.6) is 0 Å². The summed E-state index contributed by atoms with van der Waals surface area (Å²) in [6.45, 7) is 2.05. The Bertz CT molecular complexity index is 1080. The standard InChI is InChI=1S/C26H26N2O4S/c1-2-3-9-23(29)27-20-14-16-22(17-15-20)33-24(18-7-5-4-6-8-18)25(30)28-21-12-10-19(11-13-21)26(31)32/h4-8,10-17,24H,2-3,9H2,1H3,(H,27,29)(H,28,30)(H,31,32). The number of aromatic carboxylic acids is 1. The second kappa shape index (κ2) is 11.9. The topological polar surface area (TPSA) is 95.5 Å². The molecule has 0 aliphatic rings. The lowest BCUT2D eigenvalue weighted by molar-refractivity contribution is -0.116. The van der Waals surface area contributed by atoms with Crippen LogP contribution in [0.4, 0.5) is 11.4 Å². The van der Waals surface area contributed by atoms with Gasteiger partial charge < -0.3 is 15.7 Å². The van der Waals surface area contributed by atoms with Crippen molar-refractivity contribution >= 4 is 40.9 Å². The van der Waals surface area contributed by atoms with Crippen LogP contribution in [0.1, 0.15) is 47.4 Å². The number of anilines is 2. The Labute approximate surface area is 197 Å².